The maximum Gasteiger partial charge on any atom is 0.244 e. The lowest BCUT2D eigenvalue weighted by molar-refractivity contribution is -0.122. The molecule has 0 saturated carbocycles. The van der Waals surface area contributed by atoms with Gasteiger partial charge in [-0.15, -0.1) is 0 Å². The predicted octanol–water partition coefficient (Wildman–Crippen LogP) is 3.42. The van der Waals surface area contributed by atoms with Crippen molar-refractivity contribution in [1.82, 2.24) is 5.32 Å². The Hall–Kier alpha value is -0.330. The van der Waals surface area contributed by atoms with Gasteiger partial charge in [-0.2, -0.15) is 0 Å². The molecule has 5 heteroatoms. The summed E-state index contributed by atoms with van der Waals surface area (Å²) in [4.78, 5) is 12.4. The Labute approximate surface area is 126 Å². The number of carbonyl (C=O) groups is 1. The molecule has 0 aromatic heterocycles. The van der Waals surface area contributed by atoms with Gasteiger partial charge in [0.2, 0.25) is 5.91 Å². The van der Waals surface area contributed by atoms with Crippen molar-refractivity contribution in [1.29, 1.82) is 0 Å². The summed E-state index contributed by atoms with van der Waals surface area (Å²) < 4.78 is 1.06. The highest BCUT2D eigenvalue weighted by molar-refractivity contribution is 14.1. The van der Waals surface area contributed by atoms with E-state index in [-0.39, 0.29) is 5.91 Å². The van der Waals surface area contributed by atoms with E-state index in [0.29, 0.717) is 10.7 Å². The molecule has 1 aliphatic heterocycles. The Morgan fingerprint density at radius 1 is 1.61 bits per heavy atom. The lowest BCUT2D eigenvalue weighted by Crippen LogP contribution is -2.50. The molecule has 1 aromatic rings. The topological polar surface area (TPSA) is 41.1 Å². The lowest BCUT2D eigenvalue weighted by Gasteiger charge is -2.26. The zero-order chi connectivity index (χ0) is 13.2. The monoisotopic (exact) mass is 378 g/mol. The Bertz CT molecular complexity index is 458. The van der Waals surface area contributed by atoms with Crippen LogP contribution in [-0.2, 0) is 4.79 Å². The number of hydrogen-bond acceptors (Lipinski definition) is 2. The standard InChI is InChI=1S/C13H16ClIN2O/c1-2-13(6-3-7-16-13)12(18)17-11-5-4-9(15)8-10(11)14/h4-5,8,16H,2-3,6-7H2,1H3,(H,17,18). The largest absolute Gasteiger partial charge is 0.323 e. The van der Waals surface area contributed by atoms with Gasteiger partial charge in [0.25, 0.3) is 0 Å². The number of nitrogens with one attached hydrogen (secondary N) is 2. The van der Waals surface area contributed by atoms with Crippen molar-refractivity contribution in [3.63, 3.8) is 0 Å². The van der Waals surface area contributed by atoms with Crippen molar-refractivity contribution in [2.24, 2.45) is 0 Å². The summed E-state index contributed by atoms with van der Waals surface area (Å²) in [5, 5.41) is 6.83. The third-order valence-corrected chi connectivity index (χ3v) is 4.44. The molecule has 0 spiro atoms. The number of halogens is 2. The summed E-state index contributed by atoms with van der Waals surface area (Å²) in [6.07, 6.45) is 2.72. The zero-order valence-corrected chi connectivity index (χ0v) is 13.1. The van der Waals surface area contributed by atoms with Crippen LogP contribution < -0.4 is 10.6 Å². The number of benzene rings is 1. The molecule has 3 nitrogen and oxygen atoms in total. The number of rotatable bonds is 3. The second kappa shape index (κ2) is 5.75. The van der Waals surface area contributed by atoms with Gasteiger partial charge in [0.15, 0.2) is 0 Å². The lowest BCUT2D eigenvalue weighted by atomic mass is 9.93. The average Bonchev–Trinajstić information content (AvgIpc) is 2.82. The molecule has 1 atom stereocenters. The zero-order valence-electron chi connectivity index (χ0n) is 10.2. The van der Waals surface area contributed by atoms with Crippen LogP contribution in [0.25, 0.3) is 0 Å². The van der Waals surface area contributed by atoms with Gasteiger partial charge in [0.05, 0.1) is 16.2 Å². The van der Waals surface area contributed by atoms with Crippen molar-refractivity contribution in [3.05, 3.63) is 26.8 Å². The average molecular weight is 379 g/mol. The van der Waals surface area contributed by atoms with E-state index in [1.165, 1.54) is 0 Å². The Kier molecular flexibility index (Phi) is 4.50. The number of carbonyl (C=O) groups excluding carboxylic acids is 1. The van der Waals surface area contributed by atoms with Gasteiger partial charge in [-0.05, 0) is 66.6 Å². The van der Waals surface area contributed by atoms with Gasteiger partial charge in [0, 0.05) is 3.57 Å². The quantitative estimate of drug-likeness (QED) is 0.792. The number of amides is 1. The van der Waals surface area contributed by atoms with Crippen LogP contribution in [0.5, 0.6) is 0 Å². The van der Waals surface area contributed by atoms with Crippen LogP contribution in [0.2, 0.25) is 5.02 Å². The van der Waals surface area contributed by atoms with Crippen LogP contribution in [0, 0.1) is 3.57 Å². The predicted molar refractivity (Wildman–Crippen MR) is 83.1 cm³/mol. The highest BCUT2D eigenvalue weighted by atomic mass is 127. The van der Waals surface area contributed by atoms with E-state index in [0.717, 1.165) is 29.4 Å². The van der Waals surface area contributed by atoms with E-state index in [4.69, 9.17) is 11.6 Å². The minimum Gasteiger partial charge on any atom is -0.323 e. The SMILES string of the molecule is CCC1(C(=O)Nc2ccc(I)cc2Cl)CCCN1. The van der Waals surface area contributed by atoms with E-state index in [2.05, 4.69) is 33.2 Å². The molecule has 98 valence electrons. The third kappa shape index (κ3) is 2.81. The van der Waals surface area contributed by atoms with Crippen molar-refractivity contribution in [2.75, 3.05) is 11.9 Å². The smallest absolute Gasteiger partial charge is 0.244 e. The van der Waals surface area contributed by atoms with Crippen molar-refractivity contribution < 1.29 is 4.79 Å². The molecule has 2 rings (SSSR count). The fourth-order valence-electron chi connectivity index (χ4n) is 2.30. The highest BCUT2D eigenvalue weighted by Crippen LogP contribution is 2.28. The third-order valence-electron chi connectivity index (χ3n) is 3.46. The molecular formula is C13H16ClIN2O. The van der Waals surface area contributed by atoms with Crippen molar-refractivity contribution >= 4 is 45.8 Å². The van der Waals surface area contributed by atoms with Crippen molar-refractivity contribution in [3.8, 4) is 0 Å². The first kappa shape index (κ1) is 14.1. The molecule has 0 radical (unpaired) electrons. The molecule has 1 saturated heterocycles. The molecule has 2 N–H and O–H groups in total. The minimum atomic E-state index is -0.424. The van der Waals surface area contributed by atoms with Crippen LogP contribution in [0.4, 0.5) is 5.69 Å². The van der Waals surface area contributed by atoms with Gasteiger partial charge >= 0.3 is 0 Å². The second-order valence-electron chi connectivity index (χ2n) is 4.54. The van der Waals surface area contributed by atoms with E-state index in [1.807, 2.05) is 25.1 Å². The normalized spacial score (nSPS) is 23.1. The molecule has 1 fully saturated rings. The van der Waals surface area contributed by atoms with Crippen LogP contribution in [0.15, 0.2) is 18.2 Å². The second-order valence-corrected chi connectivity index (χ2v) is 6.20. The molecule has 0 aliphatic carbocycles. The summed E-state index contributed by atoms with van der Waals surface area (Å²) in [6, 6.07) is 5.63. The Morgan fingerprint density at radius 2 is 2.39 bits per heavy atom. The van der Waals surface area contributed by atoms with E-state index in [9.17, 15) is 4.79 Å². The summed E-state index contributed by atoms with van der Waals surface area (Å²) >= 11 is 8.32. The van der Waals surface area contributed by atoms with Gasteiger partial charge in [0.1, 0.15) is 0 Å². The first-order chi connectivity index (χ1) is 8.57. The fourth-order valence-corrected chi connectivity index (χ4v) is 3.20. The van der Waals surface area contributed by atoms with E-state index >= 15 is 0 Å². The van der Waals surface area contributed by atoms with Gasteiger partial charge < -0.3 is 10.6 Å². The van der Waals surface area contributed by atoms with E-state index in [1.54, 1.807) is 0 Å². The maximum absolute atomic E-state index is 12.4. The van der Waals surface area contributed by atoms with Crippen molar-refractivity contribution in [2.45, 2.75) is 31.7 Å². The molecule has 18 heavy (non-hydrogen) atoms. The van der Waals surface area contributed by atoms with Gasteiger partial charge in [-0.1, -0.05) is 18.5 Å². The molecule has 0 bridgehead atoms. The van der Waals surface area contributed by atoms with Crippen LogP contribution in [0.3, 0.4) is 0 Å². The van der Waals surface area contributed by atoms with Crippen LogP contribution >= 0.6 is 34.2 Å². The first-order valence-electron chi connectivity index (χ1n) is 6.09. The molecule has 1 unspecified atom stereocenters. The maximum atomic E-state index is 12.4. The van der Waals surface area contributed by atoms with Crippen LogP contribution in [-0.4, -0.2) is 18.0 Å². The molecule has 1 amide bonds. The summed E-state index contributed by atoms with van der Waals surface area (Å²) in [7, 11) is 0. The molecule has 1 heterocycles. The minimum absolute atomic E-state index is 0.0191. The van der Waals surface area contributed by atoms with Gasteiger partial charge in [-0.25, -0.2) is 0 Å². The molecular weight excluding hydrogens is 363 g/mol. The molecule has 1 aliphatic rings. The first-order valence-corrected chi connectivity index (χ1v) is 7.54. The van der Waals surface area contributed by atoms with Gasteiger partial charge in [-0.3, -0.25) is 4.79 Å². The summed E-state index contributed by atoms with van der Waals surface area (Å²) in [5.74, 6) is 0.0191. The Morgan fingerprint density at radius 3 is 2.94 bits per heavy atom. The number of anilines is 1. The molecule has 1 aromatic carbocycles. The van der Waals surface area contributed by atoms with Crippen LogP contribution in [0.1, 0.15) is 26.2 Å². The summed E-state index contributed by atoms with van der Waals surface area (Å²) in [5.41, 5.74) is 0.260. The fraction of sp³-hybridized carbons (Fsp3) is 0.462. The highest BCUT2D eigenvalue weighted by Gasteiger charge is 2.39. The Balaban J connectivity index is 2.15. The van der Waals surface area contributed by atoms with E-state index < -0.39 is 5.54 Å². The number of hydrogen-bond donors (Lipinski definition) is 2. The summed E-state index contributed by atoms with van der Waals surface area (Å²) in [6.45, 7) is 2.94.